The zero-order chi connectivity index (χ0) is 13.7. The third-order valence-electron chi connectivity index (χ3n) is 3.33. The number of amides is 1. The number of anilines is 1. The van der Waals surface area contributed by atoms with Crippen molar-refractivity contribution in [2.24, 2.45) is 0 Å². The van der Waals surface area contributed by atoms with Gasteiger partial charge < -0.3 is 10.4 Å². The number of rotatable bonds is 5. The fourth-order valence-corrected chi connectivity index (χ4v) is 2.36. The predicted molar refractivity (Wildman–Crippen MR) is 79.2 cm³/mol. The molecule has 1 unspecified atom stereocenters. The average molecular weight is 299 g/mol. The van der Waals surface area contributed by atoms with E-state index in [0.717, 1.165) is 18.7 Å². The lowest BCUT2D eigenvalue weighted by molar-refractivity contribution is -0.142. The topological polar surface area (TPSA) is 69.6 Å². The Morgan fingerprint density at radius 1 is 1.30 bits per heavy atom. The molecule has 110 valence electrons. The van der Waals surface area contributed by atoms with Crippen molar-refractivity contribution in [3.05, 3.63) is 30.3 Å². The summed E-state index contributed by atoms with van der Waals surface area (Å²) in [6, 6.07) is 8.83. The molecule has 0 aromatic heterocycles. The van der Waals surface area contributed by atoms with Gasteiger partial charge in [-0.3, -0.25) is 14.5 Å². The first-order valence-electron chi connectivity index (χ1n) is 6.48. The summed E-state index contributed by atoms with van der Waals surface area (Å²) in [7, 11) is 0. The number of aliphatic carboxylic acids is 1. The smallest absolute Gasteiger partial charge is 0.320 e. The number of carbonyl (C=O) groups excluding carboxylic acids is 1. The van der Waals surface area contributed by atoms with Crippen LogP contribution in [0.25, 0.3) is 0 Å². The fourth-order valence-electron chi connectivity index (χ4n) is 2.36. The van der Waals surface area contributed by atoms with E-state index in [1.165, 1.54) is 0 Å². The highest BCUT2D eigenvalue weighted by Gasteiger charge is 2.30. The van der Waals surface area contributed by atoms with Crippen LogP contribution >= 0.6 is 12.4 Å². The summed E-state index contributed by atoms with van der Waals surface area (Å²) in [5, 5.41) is 11.8. The molecule has 20 heavy (non-hydrogen) atoms. The summed E-state index contributed by atoms with van der Waals surface area (Å²) in [5.41, 5.74) is 0.767. The molecule has 0 spiro atoms. The quantitative estimate of drug-likeness (QED) is 0.872. The van der Waals surface area contributed by atoms with Gasteiger partial charge >= 0.3 is 5.97 Å². The molecule has 1 heterocycles. The Bertz CT molecular complexity index is 453. The molecule has 1 fully saturated rings. The Labute approximate surface area is 124 Å². The van der Waals surface area contributed by atoms with Gasteiger partial charge in [-0.25, -0.2) is 0 Å². The third-order valence-corrected chi connectivity index (χ3v) is 3.33. The van der Waals surface area contributed by atoms with Gasteiger partial charge in [0.1, 0.15) is 6.04 Å². The van der Waals surface area contributed by atoms with E-state index < -0.39 is 12.0 Å². The van der Waals surface area contributed by atoms with Crippen molar-refractivity contribution in [1.82, 2.24) is 4.90 Å². The Morgan fingerprint density at radius 3 is 2.65 bits per heavy atom. The van der Waals surface area contributed by atoms with Crippen LogP contribution in [0.3, 0.4) is 0 Å². The number of likely N-dealkylation sites (tertiary alicyclic amines) is 1. The zero-order valence-electron chi connectivity index (χ0n) is 11.1. The standard InChI is InChI=1S/C14H18N2O3.ClH/c17-13(15-11-5-2-1-3-6-11)8-10-16-9-4-7-12(16)14(18)19;/h1-3,5-6,12H,4,7-10H2,(H,15,17)(H,18,19);1H. The molecule has 1 aliphatic rings. The van der Waals surface area contributed by atoms with Gasteiger partial charge in [-0.2, -0.15) is 0 Å². The van der Waals surface area contributed by atoms with Crippen LogP contribution in [0.5, 0.6) is 0 Å². The van der Waals surface area contributed by atoms with E-state index in [0.29, 0.717) is 19.4 Å². The third kappa shape index (κ3) is 4.51. The van der Waals surface area contributed by atoms with E-state index in [-0.39, 0.29) is 18.3 Å². The van der Waals surface area contributed by atoms with Gasteiger partial charge in [0.15, 0.2) is 0 Å². The molecule has 0 saturated carbocycles. The van der Waals surface area contributed by atoms with Crippen LogP contribution in [0.15, 0.2) is 30.3 Å². The molecule has 6 heteroatoms. The van der Waals surface area contributed by atoms with Crippen LogP contribution < -0.4 is 5.32 Å². The van der Waals surface area contributed by atoms with E-state index in [2.05, 4.69) is 5.32 Å². The summed E-state index contributed by atoms with van der Waals surface area (Å²) in [6.45, 7) is 1.26. The van der Waals surface area contributed by atoms with Crippen LogP contribution in [0, 0.1) is 0 Å². The van der Waals surface area contributed by atoms with Gasteiger partial charge in [-0.1, -0.05) is 18.2 Å². The van der Waals surface area contributed by atoms with Gasteiger partial charge in [0.2, 0.25) is 5.91 Å². The molecular formula is C14H19ClN2O3. The predicted octanol–water partition coefficient (Wildman–Crippen LogP) is 1.99. The number of carboxylic acids is 1. The maximum atomic E-state index is 11.8. The summed E-state index contributed by atoms with van der Waals surface area (Å²) in [4.78, 5) is 24.6. The van der Waals surface area contributed by atoms with E-state index in [1.807, 2.05) is 35.2 Å². The van der Waals surface area contributed by atoms with Gasteiger partial charge in [-0.05, 0) is 31.5 Å². The maximum absolute atomic E-state index is 11.8. The van der Waals surface area contributed by atoms with E-state index in [1.54, 1.807) is 0 Å². The van der Waals surface area contributed by atoms with E-state index in [9.17, 15) is 9.59 Å². The SMILES string of the molecule is Cl.O=C(CCN1CCCC1C(=O)O)Nc1ccccc1. The Morgan fingerprint density at radius 2 is 2.00 bits per heavy atom. The Balaban J connectivity index is 0.00000200. The fraction of sp³-hybridized carbons (Fsp3) is 0.429. The molecule has 2 N–H and O–H groups in total. The van der Waals surface area contributed by atoms with Crippen molar-refractivity contribution in [2.45, 2.75) is 25.3 Å². The van der Waals surface area contributed by atoms with Gasteiger partial charge in [0, 0.05) is 18.7 Å². The molecule has 1 aromatic carbocycles. The molecule has 1 saturated heterocycles. The second kappa shape index (κ2) is 7.87. The van der Waals surface area contributed by atoms with Crippen molar-refractivity contribution in [3.8, 4) is 0 Å². The lowest BCUT2D eigenvalue weighted by Crippen LogP contribution is -2.37. The first-order valence-corrected chi connectivity index (χ1v) is 6.48. The number of halogens is 1. The van der Waals surface area contributed by atoms with Crippen molar-refractivity contribution >= 4 is 30.0 Å². The highest BCUT2D eigenvalue weighted by atomic mass is 35.5. The molecule has 1 aliphatic heterocycles. The normalized spacial score (nSPS) is 18.3. The monoisotopic (exact) mass is 298 g/mol. The molecule has 1 atom stereocenters. The van der Waals surface area contributed by atoms with Gasteiger partial charge in [-0.15, -0.1) is 12.4 Å². The number of benzene rings is 1. The highest BCUT2D eigenvalue weighted by molar-refractivity contribution is 5.90. The molecule has 1 aromatic rings. The largest absolute Gasteiger partial charge is 0.480 e. The molecular weight excluding hydrogens is 280 g/mol. The number of hydrogen-bond donors (Lipinski definition) is 2. The van der Waals surface area contributed by atoms with Crippen molar-refractivity contribution in [1.29, 1.82) is 0 Å². The summed E-state index contributed by atoms with van der Waals surface area (Å²) >= 11 is 0. The summed E-state index contributed by atoms with van der Waals surface area (Å²) < 4.78 is 0. The van der Waals surface area contributed by atoms with Crippen LogP contribution in [0.4, 0.5) is 5.69 Å². The minimum absolute atomic E-state index is 0. The maximum Gasteiger partial charge on any atom is 0.320 e. The first-order chi connectivity index (χ1) is 9.16. The van der Waals surface area contributed by atoms with Gasteiger partial charge in [0.05, 0.1) is 0 Å². The zero-order valence-corrected chi connectivity index (χ0v) is 11.9. The van der Waals surface area contributed by atoms with E-state index >= 15 is 0 Å². The van der Waals surface area contributed by atoms with Gasteiger partial charge in [0.25, 0.3) is 0 Å². The molecule has 0 bridgehead atoms. The number of carboxylic acid groups (broad SMARTS) is 1. The summed E-state index contributed by atoms with van der Waals surface area (Å²) in [6.07, 6.45) is 1.88. The first kappa shape index (κ1) is 16.5. The molecule has 2 rings (SSSR count). The number of para-hydroxylation sites is 1. The summed E-state index contributed by atoms with van der Waals surface area (Å²) in [5.74, 6) is -0.872. The van der Waals surface area contributed by atoms with Crippen LogP contribution in [-0.4, -0.2) is 41.0 Å². The Hall–Kier alpha value is -1.59. The van der Waals surface area contributed by atoms with Crippen molar-refractivity contribution < 1.29 is 14.7 Å². The lowest BCUT2D eigenvalue weighted by Gasteiger charge is -2.20. The average Bonchev–Trinajstić information content (AvgIpc) is 2.86. The second-order valence-electron chi connectivity index (χ2n) is 4.70. The van der Waals surface area contributed by atoms with E-state index in [4.69, 9.17) is 5.11 Å². The molecule has 0 radical (unpaired) electrons. The van der Waals surface area contributed by atoms with Crippen LogP contribution in [0.2, 0.25) is 0 Å². The second-order valence-corrected chi connectivity index (χ2v) is 4.70. The van der Waals surface area contributed by atoms with Crippen LogP contribution in [-0.2, 0) is 9.59 Å². The molecule has 0 aliphatic carbocycles. The molecule has 1 amide bonds. The number of hydrogen-bond acceptors (Lipinski definition) is 3. The van der Waals surface area contributed by atoms with Crippen LogP contribution in [0.1, 0.15) is 19.3 Å². The number of nitrogens with one attached hydrogen (secondary N) is 1. The minimum atomic E-state index is -0.791. The highest BCUT2D eigenvalue weighted by Crippen LogP contribution is 2.17. The number of carbonyl (C=O) groups is 2. The van der Waals surface area contributed by atoms with Crippen molar-refractivity contribution in [3.63, 3.8) is 0 Å². The minimum Gasteiger partial charge on any atom is -0.480 e. The molecule has 5 nitrogen and oxygen atoms in total. The lowest BCUT2D eigenvalue weighted by atomic mass is 10.2. The number of nitrogens with zero attached hydrogens (tertiary/aromatic N) is 1. The van der Waals surface area contributed by atoms with Crippen molar-refractivity contribution in [2.75, 3.05) is 18.4 Å². The Kier molecular flexibility index (Phi) is 6.48.